The second kappa shape index (κ2) is 7.68. The number of anilines is 2. The highest BCUT2D eigenvalue weighted by molar-refractivity contribution is 7.92. The molecule has 0 radical (unpaired) electrons. The van der Waals surface area contributed by atoms with E-state index in [1.165, 1.54) is 23.5 Å². The topological polar surface area (TPSA) is 82.3 Å². The Bertz CT molecular complexity index is 1330. The van der Waals surface area contributed by atoms with E-state index in [1.807, 2.05) is 37.3 Å². The highest BCUT2D eigenvalue weighted by Crippen LogP contribution is 2.26. The van der Waals surface area contributed by atoms with E-state index in [0.29, 0.717) is 16.9 Å². The summed E-state index contributed by atoms with van der Waals surface area (Å²) in [5.74, 6) is -0.295. The fourth-order valence-corrected chi connectivity index (χ4v) is 4.67. The first-order valence-corrected chi connectivity index (χ1v) is 10.8. The Labute approximate surface area is 175 Å². The quantitative estimate of drug-likeness (QED) is 0.498. The van der Waals surface area contributed by atoms with Crippen LogP contribution in [0.3, 0.4) is 0 Å². The Morgan fingerprint density at radius 2 is 1.63 bits per heavy atom. The van der Waals surface area contributed by atoms with Crippen LogP contribution in [0, 0.1) is 6.92 Å². The number of para-hydroxylation sites is 2. The molecule has 1 amide bonds. The second-order valence-corrected chi connectivity index (χ2v) is 8.93. The first kappa shape index (κ1) is 19.7. The van der Waals surface area contributed by atoms with Crippen LogP contribution in [0.1, 0.15) is 16.1 Å². The van der Waals surface area contributed by atoms with E-state index in [2.05, 4.69) is 10.3 Å². The number of aromatic nitrogens is 1. The van der Waals surface area contributed by atoms with Gasteiger partial charge in [0.15, 0.2) is 0 Å². The number of nitrogens with zero attached hydrogens (tertiary/aromatic N) is 1. The zero-order valence-corrected chi connectivity index (χ0v) is 17.4. The zero-order chi connectivity index (χ0) is 21.3. The third-order valence-electron chi connectivity index (χ3n) is 4.99. The predicted octanol–water partition coefficient (Wildman–Crippen LogP) is 4.55. The summed E-state index contributed by atoms with van der Waals surface area (Å²) in [5, 5.41) is 3.65. The van der Waals surface area contributed by atoms with Crippen molar-refractivity contribution in [1.82, 2.24) is 4.98 Å². The summed E-state index contributed by atoms with van der Waals surface area (Å²) in [7, 11) is -2.27. The number of carbonyl (C=O) groups excluding carboxylic acids is 1. The van der Waals surface area contributed by atoms with E-state index >= 15 is 0 Å². The standard InChI is InChI=1S/C23H21N3O3S/c1-16-22(20-13-6-7-14-21(20)24-16)23(27)25-17-9-8-12-19(15-17)30(28,29)26(2)18-10-4-3-5-11-18/h3-15,24H,1-2H3,(H,25,27). The summed E-state index contributed by atoms with van der Waals surface area (Å²) < 4.78 is 27.3. The first-order chi connectivity index (χ1) is 14.4. The van der Waals surface area contributed by atoms with Gasteiger partial charge in [-0.3, -0.25) is 9.10 Å². The minimum atomic E-state index is -3.77. The van der Waals surface area contributed by atoms with Gasteiger partial charge in [0.2, 0.25) is 0 Å². The highest BCUT2D eigenvalue weighted by atomic mass is 32.2. The lowest BCUT2D eigenvalue weighted by molar-refractivity contribution is 0.102. The van der Waals surface area contributed by atoms with Gasteiger partial charge in [0.1, 0.15) is 0 Å². The normalized spacial score (nSPS) is 11.4. The van der Waals surface area contributed by atoms with Crippen molar-refractivity contribution in [2.45, 2.75) is 11.8 Å². The molecule has 0 saturated heterocycles. The molecule has 0 fully saturated rings. The van der Waals surface area contributed by atoms with Crippen molar-refractivity contribution >= 4 is 38.2 Å². The predicted molar refractivity (Wildman–Crippen MR) is 119 cm³/mol. The molecule has 0 aliphatic rings. The van der Waals surface area contributed by atoms with E-state index in [0.717, 1.165) is 16.6 Å². The van der Waals surface area contributed by atoms with Gasteiger partial charge in [-0.1, -0.05) is 42.5 Å². The molecular weight excluding hydrogens is 398 g/mol. The largest absolute Gasteiger partial charge is 0.358 e. The molecule has 4 rings (SSSR count). The van der Waals surface area contributed by atoms with Gasteiger partial charge in [-0.05, 0) is 43.3 Å². The molecule has 6 nitrogen and oxygen atoms in total. The van der Waals surface area contributed by atoms with Crippen LogP contribution in [0.2, 0.25) is 0 Å². The fourth-order valence-electron chi connectivity index (χ4n) is 3.43. The summed E-state index contributed by atoms with van der Waals surface area (Å²) in [6, 6.07) is 22.7. The van der Waals surface area contributed by atoms with E-state index in [-0.39, 0.29) is 10.8 Å². The Balaban J connectivity index is 1.64. The van der Waals surface area contributed by atoms with E-state index < -0.39 is 10.0 Å². The molecule has 4 aromatic rings. The summed E-state index contributed by atoms with van der Waals surface area (Å²) in [6.07, 6.45) is 0. The van der Waals surface area contributed by atoms with E-state index in [1.54, 1.807) is 36.4 Å². The molecule has 0 unspecified atom stereocenters. The number of aryl methyl sites for hydroxylation is 1. The molecule has 0 aliphatic heterocycles. The fraction of sp³-hybridized carbons (Fsp3) is 0.0870. The number of sulfonamides is 1. The average molecular weight is 420 g/mol. The lowest BCUT2D eigenvalue weighted by Crippen LogP contribution is -2.26. The van der Waals surface area contributed by atoms with Gasteiger partial charge in [-0.25, -0.2) is 8.42 Å². The number of benzene rings is 3. The summed E-state index contributed by atoms with van der Waals surface area (Å²) in [6.45, 7) is 1.84. The number of hydrogen-bond donors (Lipinski definition) is 2. The number of carbonyl (C=O) groups is 1. The van der Waals surface area contributed by atoms with Crippen LogP contribution >= 0.6 is 0 Å². The Morgan fingerprint density at radius 1 is 0.933 bits per heavy atom. The molecule has 0 spiro atoms. The van der Waals surface area contributed by atoms with Crippen LogP contribution in [0.4, 0.5) is 11.4 Å². The van der Waals surface area contributed by atoms with Gasteiger partial charge in [0.05, 0.1) is 16.1 Å². The number of rotatable bonds is 5. The van der Waals surface area contributed by atoms with Crippen LogP contribution < -0.4 is 9.62 Å². The molecule has 30 heavy (non-hydrogen) atoms. The van der Waals surface area contributed by atoms with Gasteiger partial charge in [0, 0.05) is 29.3 Å². The minimum Gasteiger partial charge on any atom is -0.358 e. The van der Waals surface area contributed by atoms with Crippen molar-refractivity contribution in [1.29, 1.82) is 0 Å². The van der Waals surface area contributed by atoms with Crippen LogP contribution in [0.25, 0.3) is 10.9 Å². The Morgan fingerprint density at radius 3 is 2.40 bits per heavy atom. The smallest absolute Gasteiger partial charge is 0.264 e. The van der Waals surface area contributed by atoms with Crippen molar-refractivity contribution < 1.29 is 13.2 Å². The molecule has 0 atom stereocenters. The molecule has 1 heterocycles. The van der Waals surface area contributed by atoms with Crippen LogP contribution in [-0.4, -0.2) is 26.4 Å². The monoisotopic (exact) mass is 419 g/mol. The third kappa shape index (κ3) is 3.55. The van der Waals surface area contributed by atoms with Crippen LogP contribution in [-0.2, 0) is 10.0 Å². The lowest BCUT2D eigenvalue weighted by Gasteiger charge is -2.20. The van der Waals surface area contributed by atoms with Gasteiger partial charge in [0.25, 0.3) is 15.9 Å². The molecule has 7 heteroatoms. The number of amides is 1. The second-order valence-electron chi connectivity index (χ2n) is 6.96. The molecule has 0 bridgehead atoms. The maximum absolute atomic E-state index is 13.0. The van der Waals surface area contributed by atoms with E-state index in [9.17, 15) is 13.2 Å². The maximum Gasteiger partial charge on any atom is 0.264 e. The number of aromatic amines is 1. The average Bonchev–Trinajstić information content (AvgIpc) is 3.09. The lowest BCUT2D eigenvalue weighted by atomic mass is 10.1. The first-order valence-electron chi connectivity index (χ1n) is 9.40. The van der Waals surface area contributed by atoms with Crippen LogP contribution in [0.5, 0.6) is 0 Å². The molecule has 0 aliphatic carbocycles. The summed E-state index contributed by atoms with van der Waals surface area (Å²) in [5.41, 5.74) is 3.14. The highest BCUT2D eigenvalue weighted by Gasteiger charge is 2.22. The summed E-state index contributed by atoms with van der Waals surface area (Å²) >= 11 is 0. The third-order valence-corrected chi connectivity index (χ3v) is 6.77. The maximum atomic E-state index is 13.0. The number of H-pyrrole nitrogens is 1. The van der Waals surface area contributed by atoms with Crippen molar-refractivity contribution in [2.24, 2.45) is 0 Å². The summed E-state index contributed by atoms with van der Waals surface area (Å²) in [4.78, 5) is 16.2. The van der Waals surface area contributed by atoms with Gasteiger partial charge in [-0.2, -0.15) is 0 Å². The number of fused-ring (bicyclic) bond motifs is 1. The SMILES string of the molecule is Cc1[nH]c2ccccc2c1C(=O)Nc1cccc(S(=O)(=O)N(C)c2ccccc2)c1. The van der Waals surface area contributed by atoms with Gasteiger partial charge >= 0.3 is 0 Å². The molecule has 0 saturated carbocycles. The van der Waals surface area contributed by atoms with Crippen molar-refractivity contribution in [3.63, 3.8) is 0 Å². The van der Waals surface area contributed by atoms with Gasteiger partial charge < -0.3 is 10.3 Å². The Hall–Kier alpha value is -3.58. The van der Waals surface area contributed by atoms with Crippen molar-refractivity contribution in [3.05, 3.63) is 90.1 Å². The molecule has 3 aromatic carbocycles. The van der Waals surface area contributed by atoms with Crippen molar-refractivity contribution in [2.75, 3.05) is 16.7 Å². The Kier molecular flexibility index (Phi) is 5.05. The van der Waals surface area contributed by atoms with Gasteiger partial charge in [-0.15, -0.1) is 0 Å². The van der Waals surface area contributed by atoms with E-state index in [4.69, 9.17) is 0 Å². The minimum absolute atomic E-state index is 0.0994. The number of hydrogen-bond acceptors (Lipinski definition) is 3. The molecular formula is C23H21N3O3S. The molecule has 152 valence electrons. The molecule has 2 N–H and O–H groups in total. The molecule has 1 aromatic heterocycles. The van der Waals surface area contributed by atoms with Crippen LogP contribution in [0.15, 0.2) is 83.8 Å². The van der Waals surface area contributed by atoms with Crippen molar-refractivity contribution in [3.8, 4) is 0 Å². The zero-order valence-electron chi connectivity index (χ0n) is 16.6. The number of nitrogens with one attached hydrogen (secondary N) is 2.